The number of ether oxygens (including phenoxy) is 5. The quantitative estimate of drug-likeness (QED) is 0.136. The van der Waals surface area contributed by atoms with Crippen LogP contribution < -0.4 is 15.5 Å². The van der Waals surface area contributed by atoms with E-state index < -0.39 is 30.4 Å². The van der Waals surface area contributed by atoms with Gasteiger partial charge >= 0.3 is 12.2 Å². The highest BCUT2D eigenvalue weighted by Gasteiger charge is 2.44. The number of rotatable bonds is 16. The molecule has 12 heteroatoms. The summed E-state index contributed by atoms with van der Waals surface area (Å²) in [5.41, 5.74) is 6.34. The molecule has 0 bridgehead atoms. The van der Waals surface area contributed by atoms with Crippen molar-refractivity contribution >= 4 is 12.2 Å². The molecule has 2 amide bonds. The maximum Gasteiger partial charge on any atom is 0.422 e. The lowest BCUT2D eigenvalue weighted by atomic mass is 10.0. The van der Waals surface area contributed by atoms with Gasteiger partial charge in [0.25, 0.3) is 0 Å². The van der Waals surface area contributed by atoms with E-state index in [0.29, 0.717) is 19.6 Å². The predicted octanol–water partition coefficient (Wildman–Crippen LogP) is 5.24. The number of carbonyl (C=O) groups is 2. The third kappa shape index (κ3) is 10.9. The van der Waals surface area contributed by atoms with Gasteiger partial charge in [-0.1, -0.05) is 55.8 Å². The second-order valence-electron chi connectivity index (χ2n) is 12.7. The molecule has 2 aliphatic rings. The Hall–Kier alpha value is -4.23. The van der Waals surface area contributed by atoms with E-state index in [1.54, 1.807) is 25.1 Å². The summed E-state index contributed by atoms with van der Waals surface area (Å²) in [7, 11) is 0. The Morgan fingerprint density at radius 1 is 1.02 bits per heavy atom. The molecule has 49 heavy (non-hydrogen) atoms. The Kier molecular flexibility index (Phi) is 13.2. The third-order valence-corrected chi connectivity index (χ3v) is 8.44. The van der Waals surface area contributed by atoms with Crippen LogP contribution in [-0.2, 0) is 31.9 Å². The van der Waals surface area contributed by atoms with Crippen molar-refractivity contribution in [3.05, 3.63) is 84.1 Å². The number of carbonyl (C=O) groups excluding carboxylic acids is 2. The monoisotopic (exact) mass is 676 g/mol. The summed E-state index contributed by atoms with van der Waals surface area (Å²) in [5, 5.41) is 16.2. The van der Waals surface area contributed by atoms with Crippen LogP contribution in [-0.4, -0.2) is 84.3 Å². The summed E-state index contributed by atoms with van der Waals surface area (Å²) in [4.78, 5) is 30.4. The maximum atomic E-state index is 13.2. The van der Waals surface area contributed by atoms with Crippen molar-refractivity contribution < 1.29 is 38.4 Å². The van der Waals surface area contributed by atoms with Crippen molar-refractivity contribution in [2.45, 2.75) is 83.6 Å². The molecule has 0 aliphatic carbocycles. The molecule has 1 aromatic heterocycles. The topological polar surface area (TPSA) is 141 Å². The highest BCUT2D eigenvalue weighted by atomic mass is 16.7. The lowest BCUT2D eigenvalue weighted by molar-refractivity contribution is -0.0907. The van der Waals surface area contributed by atoms with Crippen LogP contribution in [0, 0.1) is 5.92 Å². The standard InChI is InChI=1S/C37H48N4O8/c1-4-5-19-45-29-15-11-26(12-16-29)21-32(39-36(43)49-34-24-47-35-30(34)17-20-46-35)33(42)23-41(40-37(44)48-25(2)3)22-27-9-13-28(14-10-27)31-8-6-7-18-38-31/h6-16,18,25,30,32-35,42H,4-5,17,19-24H2,1-3H3,(H,39,43)(H,40,44). The first-order valence-corrected chi connectivity index (χ1v) is 17.1. The molecule has 0 spiro atoms. The van der Waals surface area contributed by atoms with Gasteiger partial charge in [0.05, 0.1) is 49.7 Å². The second kappa shape index (κ2) is 18.0. The Morgan fingerprint density at radius 3 is 2.51 bits per heavy atom. The number of aromatic nitrogens is 1. The van der Waals surface area contributed by atoms with Gasteiger partial charge in [0.2, 0.25) is 0 Å². The first-order valence-electron chi connectivity index (χ1n) is 17.1. The molecule has 5 rings (SSSR count). The van der Waals surface area contributed by atoms with E-state index in [1.807, 2.05) is 66.7 Å². The van der Waals surface area contributed by atoms with Gasteiger partial charge in [0.1, 0.15) is 11.9 Å². The summed E-state index contributed by atoms with van der Waals surface area (Å²) < 4.78 is 28.1. The van der Waals surface area contributed by atoms with Crippen LogP contribution in [0.1, 0.15) is 51.2 Å². The third-order valence-electron chi connectivity index (χ3n) is 8.44. The Labute approximate surface area is 288 Å². The Bertz CT molecular complexity index is 1460. The van der Waals surface area contributed by atoms with Crippen LogP contribution in [0.2, 0.25) is 0 Å². The van der Waals surface area contributed by atoms with Gasteiger partial charge in [0.15, 0.2) is 6.29 Å². The maximum absolute atomic E-state index is 13.2. The van der Waals surface area contributed by atoms with Crippen LogP contribution in [0.3, 0.4) is 0 Å². The van der Waals surface area contributed by atoms with Crippen molar-refractivity contribution in [2.75, 3.05) is 26.4 Å². The second-order valence-corrected chi connectivity index (χ2v) is 12.7. The summed E-state index contributed by atoms with van der Waals surface area (Å²) in [6, 6.07) is 20.4. The van der Waals surface area contributed by atoms with Crippen molar-refractivity contribution in [3.63, 3.8) is 0 Å². The molecule has 5 unspecified atom stereocenters. The van der Waals surface area contributed by atoms with Gasteiger partial charge in [-0.15, -0.1) is 0 Å². The minimum atomic E-state index is -1.12. The number of amides is 2. The molecule has 264 valence electrons. The molecule has 0 saturated carbocycles. The summed E-state index contributed by atoms with van der Waals surface area (Å²) in [6.45, 7) is 7.31. The molecule has 2 aliphatic heterocycles. The van der Waals surface area contributed by atoms with Crippen LogP contribution in [0.4, 0.5) is 9.59 Å². The molecule has 3 aromatic rings. The molecule has 0 radical (unpaired) electrons. The fraction of sp³-hybridized carbons (Fsp3) is 0.486. The van der Waals surface area contributed by atoms with Gasteiger partial charge < -0.3 is 34.1 Å². The zero-order valence-corrected chi connectivity index (χ0v) is 28.5. The van der Waals surface area contributed by atoms with Gasteiger partial charge in [0, 0.05) is 24.8 Å². The average Bonchev–Trinajstić information content (AvgIpc) is 3.71. The molecular formula is C37H48N4O8. The number of hydrogen-bond acceptors (Lipinski definition) is 10. The number of hydrazine groups is 1. The lowest BCUT2D eigenvalue weighted by Gasteiger charge is -2.30. The van der Waals surface area contributed by atoms with E-state index in [2.05, 4.69) is 22.7 Å². The normalized spacial score (nSPS) is 19.7. The van der Waals surface area contributed by atoms with E-state index in [4.69, 9.17) is 23.7 Å². The van der Waals surface area contributed by atoms with Gasteiger partial charge in [-0.2, -0.15) is 0 Å². The van der Waals surface area contributed by atoms with Gasteiger partial charge in [-0.3, -0.25) is 10.4 Å². The van der Waals surface area contributed by atoms with E-state index in [-0.39, 0.29) is 38.0 Å². The minimum Gasteiger partial charge on any atom is -0.494 e. The molecule has 2 fully saturated rings. The largest absolute Gasteiger partial charge is 0.494 e. The zero-order chi connectivity index (χ0) is 34.6. The Balaban J connectivity index is 1.30. The Morgan fingerprint density at radius 2 is 1.80 bits per heavy atom. The number of aliphatic hydroxyl groups excluding tert-OH is 1. The van der Waals surface area contributed by atoms with E-state index in [1.165, 1.54) is 0 Å². The van der Waals surface area contributed by atoms with Crippen LogP contribution in [0.15, 0.2) is 72.9 Å². The summed E-state index contributed by atoms with van der Waals surface area (Å²) >= 11 is 0. The smallest absolute Gasteiger partial charge is 0.422 e. The molecule has 5 atom stereocenters. The first-order chi connectivity index (χ1) is 23.8. The van der Waals surface area contributed by atoms with Crippen molar-refractivity contribution in [3.8, 4) is 17.0 Å². The number of pyridine rings is 1. The van der Waals surface area contributed by atoms with Gasteiger partial charge in [-0.05, 0) is 68.5 Å². The fourth-order valence-electron chi connectivity index (χ4n) is 5.87. The van der Waals surface area contributed by atoms with E-state index >= 15 is 0 Å². The van der Waals surface area contributed by atoms with Crippen LogP contribution in [0.5, 0.6) is 5.75 Å². The highest BCUT2D eigenvalue weighted by molar-refractivity contribution is 5.68. The summed E-state index contributed by atoms with van der Waals surface area (Å²) in [6.07, 6.45) is 1.22. The zero-order valence-electron chi connectivity index (χ0n) is 28.5. The van der Waals surface area contributed by atoms with Gasteiger partial charge in [-0.25, -0.2) is 14.6 Å². The average molecular weight is 677 g/mol. The van der Waals surface area contributed by atoms with Crippen molar-refractivity contribution in [1.29, 1.82) is 0 Å². The molecule has 2 aromatic carbocycles. The number of alkyl carbamates (subject to hydrolysis) is 1. The predicted molar refractivity (Wildman–Crippen MR) is 182 cm³/mol. The summed E-state index contributed by atoms with van der Waals surface area (Å²) in [5.74, 6) is 0.731. The molecule has 3 N–H and O–H groups in total. The molecular weight excluding hydrogens is 628 g/mol. The molecule has 3 heterocycles. The SMILES string of the molecule is CCCCOc1ccc(CC(NC(=O)OC2COC3OCCC23)C(O)CN(Cc2ccc(-c3ccccn3)cc2)NC(=O)OC(C)C)cc1. The van der Waals surface area contributed by atoms with E-state index in [0.717, 1.165) is 47.4 Å². The lowest BCUT2D eigenvalue weighted by Crippen LogP contribution is -2.53. The number of aliphatic hydroxyl groups is 1. The number of hydrogen-bond donors (Lipinski definition) is 3. The molecule has 12 nitrogen and oxygen atoms in total. The number of fused-ring (bicyclic) bond motifs is 1. The fourth-order valence-corrected chi connectivity index (χ4v) is 5.87. The van der Waals surface area contributed by atoms with Crippen molar-refractivity contribution in [1.82, 2.24) is 20.7 Å². The minimum absolute atomic E-state index is 0.0231. The number of benzene rings is 2. The highest BCUT2D eigenvalue weighted by Crippen LogP contribution is 2.33. The number of nitrogens with one attached hydrogen (secondary N) is 2. The number of nitrogens with zero attached hydrogens (tertiary/aromatic N) is 2. The molecule has 2 saturated heterocycles. The number of unbranched alkanes of at least 4 members (excludes halogenated alkanes) is 1. The van der Waals surface area contributed by atoms with Crippen LogP contribution >= 0.6 is 0 Å². The van der Waals surface area contributed by atoms with Crippen LogP contribution in [0.25, 0.3) is 11.3 Å². The van der Waals surface area contributed by atoms with E-state index in [9.17, 15) is 14.7 Å². The first kappa shape index (κ1) is 36.1. The van der Waals surface area contributed by atoms with Crippen molar-refractivity contribution in [2.24, 2.45) is 5.92 Å².